The summed E-state index contributed by atoms with van der Waals surface area (Å²) in [4.78, 5) is 34.2. The van der Waals surface area contributed by atoms with Crippen LogP contribution in [0.3, 0.4) is 0 Å². The molecule has 3 amide bonds. The van der Waals surface area contributed by atoms with E-state index in [1.54, 1.807) is 0 Å². The van der Waals surface area contributed by atoms with E-state index in [9.17, 15) is 14.4 Å². The van der Waals surface area contributed by atoms with Crippen molar-refractivity contribution in [2.24, 2.45) is 0 Å². The maximum absolute atomic E-state index is 11.8. The van der Waals surface area contributed by atoms with Crippen molar-refractivity contribution >= 4 is 39.3 Å². The van der Waals surface area contributed by atoms with E-state index in [4.69, 9.17) is 5.73 Å². The molecule has 3 aliphatic rings. The second kappa shape index (κ2) is 7.63. The van der Waals surface area contributed by atoms with Crippen molar-refractivity contribution < 1.29 is 14.4 Å². The number of anilines is 1. The number of halogens is 1. The number of nitrogen functional groups attached to an aromatic ring is 1. The van der Waals surface area contributed by atoms with Crippen molar-refractivity contribution in [3.63, 3.8) is 0 Å². The van der Waals surface area contributed by atoms with Gasteiger partial charge in [-0.05, 0) is 65.8 Å². The molecule has 1 atom stereocenters. The number of carbonyl (C=O) groups excluding carboxylic acids is 3. The summed E-state index contributed by atoms with van der Waals surface area (Å²) in [7, 11) is 0. The number of carbonyl (C=O) groups is 3. The number of urea groups is 1. The highest BCUT2D eigenvalue weighted by molar-refractivity contribution is 9.10. The van der Waals surface area contributed by atoms with Crippen LogP contribution in [0.1, 0.15) is 35.1 Å². The average molecular weight is 456 g/mol. The van der Waals surface area contributed by atoms with Gasteiger partial charge in [0, 0.05) is 29.4 Å². The SMILES string of the molecule is Nc1ccc2c(c1)CC1(CC2)NC(=O)NC1=O.O=C1CCc2ccc(Br)cc2C1. The van der Waals surface area contributed by atoms with Gasteiger partial charge in [0.05, 0.1) is 0 Å². The lowest BCUT2D eigenvalue weighted by molar-refractivity contribution is -0.124. The van der Waals surface area contributed by atoms with E-state index in [0.29, 0.717) is 37.2 Å². The number of amides is 3. The fourth-order valence-electron chi connectivity index (χ4n) is 4.22. The lowest BCUT2D eigenvalue weighted by Gasteiger charge is -2.31. The van der Waals surface area contributed by atoms with Gasteiger partial charge in [-0.25, -0.2) is 4.79 Å². The maximum atomic E-state index is 11.8. The van der Waals surface area contributed by atoms with Crippen LogP contribution >= 0.6 is 15.9 Å². The van der Waals surface area contributed by atoms with Crippen LogP contribution in [0.25, 0.3) is 0 Å². The lowest BCUT2D eigenvalue weighted by Crippen LogP contribution is -2.51. The van der Waals surface area contributed by atoms with Crippen LogP contribution in [0.2, 0.25) is 0 Å². The van der Waals surface area contributed by atoms with Gasteiger partial charge in [-0.3, -0.25) is 14.9 Å². The Balaban J connectivity index is 0.000000150. The number of fused-ring (bicyclic) bond motifs is 2. The van der Waals surface area contributed by atoms with Crippen molar-refractivity contribution in [2.45, 2.75) is 44.1 Å². The Morgan fingerprint density at radius 1 is 0.897 bits per heavy atom. The third-order valence-corrected chi connectivity index (χ3v) is 6.28. The van der Waals surface area contributed by atoms with Gasteiger partial charge in [-0.1, -0.05) is 28.1 Å². The van der Waals surface area contributed by atoms with Crippen LogP contribution in [0, 0.1) is 0 Å². The molecule has 1 saturated heterocycles. The highest BCUT2D eigenvalue weighted by atomic mass is 79.9. The molecule has 29 heavy (non-hydrogen) atoms. The molecule has 0 aromatic heterocycles. The Bertz CT molecular complexity index is 1020. The van der Waals surface area contributed by atoms with E-state index in [1.165, 1.54) is 16.7 Å². The number of Topliss-reactive ketones (excluding diaryl/α,β-unsaturated/α-hetero) is 1. The fraction of sp³-hybridized carbons (Fsp3) is 0.318. The highest BCUT2D eigenvalue weighted by Gasteiger charge is 2.47. The summed E-state index contributed by atoms with van der Waals surface area (Å²) in [6.45, 7) is 0. The third-order valence-electron chi connectivity index (χ3n) is 5.79. The average Bonchev–Trinajstić information content (AvgIpc) is 2.94. The monoisotopic (exact) mass is 455 g/mol. The Kier molecular flexibility index (Phi) is 5.17. The van der Waals surface area contributed by atoms with Crippen molar-refractivity contribution in [1.29, 1.82) is 0 Å². The summed E-state index contributed by atoms with van der Waals surface area (Å²) in [5.41, 5.74) is 10.4. The first-order chi connectivity index (χ1) is 13.8. The van der Waals surface area contributed by atoms with Crippen molar-refractivity contribution in [3.05, 3.63) is 63.1 Å². The molecule has 150 valence electrons. The minimum atomic E-state index is -0.766. The van der Waals surface area contributed by atoms with Crippen molar-refractivity contribution in [3.8, 4) is 0 Å². The van der Waals surface area contributed by atoms with Gasteiger partial charge in [-0.2, -0.15) is 0 Å². The quantitative estimate of drug-likeness (QED) is 0.419. The smallest absolute Gasteiger partial charge is 0.322 e. The standard InChI is InChI=1S/C12H13N3O2.C10H9BrO/c13-9-2-1-7-3-4-12(6-8(7)5-9)10(16)14-11(17)15-12;11-9-3-1-7-2-4-10(12)6-8(7)5-9/h1-2,5H,3-4,6,13H2,(H2,14,15,16,17);1,3,5H,2,4,6H2. The van der Waals surface area contributed by atoms with E-state index in [2.05, 4.69) is 32.6 Å². The number of benzene rings is 2. The molecule has 1 unspecified atom stereocenters. The van der Waals surface area contributed by atoms with Crippen LogP contribution in [-0.2, 0) is 35.3 Å². The fourth-order valence-corrected chi connectivity index (χ4v) is 4.63. The van der Waals surface area contributed by atoms with E-state index in [-0.39, 0.29) is 5.91 Å². The molecule has 2 aromatic carbocycles. The number of imide groups is 1. The Morgan fingerprint density at radius 2 is 1.66 bits per heavy atom. The molecule has 6 nitrogen and oxygen atoms in total. The van der Waals surface area contributed by atoms with Crippen LogP contribution in [0.4, 0.5) is 10.5 Å². The molecule has 1 fully saturated rings. The molecule has 0 bridgehead atoms. The van der Waals surface area contributed by atoms with Crippen LogP contribution < -0.4 is 16.4 Å². The highest BCUT2D eigenvalue weighted by Crippen LogP contribution is 2.32. The Morgan fingerprint density at radius 3 is 2.41 bits per heavy atom. The molecular formula is C22H22BrN3O3. The molecule has 1 aliphatic heterocycles. The number of nitrogens with one attached hydrogen (secondary N) is 2. The van der Waals surface area contributed by atoms with Crippen molar-refractivity contribution in [2.75, 3.05) is 5.73 Å². The first-order valence-corrected chi connectivity index (χ1v) is 10.4. The number of rotatable bonds is 0. The summed E-state index contributed by atoms with van der Waals surface area (Å²) < 4.78 is 1.07. The molecule has 0 saturated carbocycles. The molecule has 2 aromatic rings. The molecular weight excluding hydrogens is 434 g/mol. The minimum absolute atomic E-state index is 0.226. The zero-order valence-corrected chi connectivity index (χ0v) is 17.5. The topological polar surface area (TPSA) is 101 Å². The maximum Gasteiger partial charge on any atom is 0.322 e. The van der Waals surface area contributed by atoms with Crippen LogP contribution in [0.5, 0.6) is 0 Å². The number of nitrogens with two attached hydrogens (primary N) is 1. The number of aryl methyl sites for hydroxylation is 2. The molecule has 4 N–H and O–H groups in total. The first-order valence-electron chi connectivity index (χ1n) is 9.64. The van der Waals surface area contributed by atoms with E-state index in [1.807, 2.05) is 30.3 Å². The number of hydrogen-bond acceptors (Lipinski definition) is 4. The van der Waals surface area contributed by atoms with E-state index in [0.717, 1.165) is 22.9 Å². The van der Waals surface area contributed by atoms with E-state index < -0.39 is 11.6 Å². The molecule has 1 spiro atoms. The predicted molar refractivity (Wildman–Crippen MR) is 113 cm³/mol. The van der Waals surface area contributed by atoms with Gasteiger partial charge in [0.2, 0.25) is 0 Å². The summed E-state index contributed by atoms with van der Waals surface area (Å²) >= 11 is 3.40. The molecule has 7 heteroatoms. The second-order valence-electron chi connectivity index (χ2n) is 7.82. The van der Waals surface area contributed by atoms with Crippen LogP contribution in [-0.4, -0.2) is 23.3 Å². The van der Waals surface area contributed by atoms with Gasteiger partial charge >= 0.3 is 6.03 Å². The number of hydrogen-bond donors (Lipinski definition) is 3. The first kappa shape index (κ1) is 19.6. The molecule has 5 rings (SSSR count). The van der Waals surface area contributed by atoms with Gasteiger partial charge in [0.15, 0.2) is 0 Å². The normalized spacial score (nSPS) is 22.2. The van der Waals surface area contributed by atoms with Gasteiger partial charge in [0.25, 0.3) is 5.91 Å². The lowest BCUT2D eigenvalue weighted by atomic mass is 9.78. The summed E-state index contributed by atoms with van der Waals surface area (Å²) in [5.74, 6) is 0.135. The second-order valence-corrected chi connectivity index (χ2v) is 8.74. The summed E-state index contributed by atoms with van der Waals surface area (Å²) in [5, 5.41) is 5.04. The Hall–Kier alpha value is -2.67. The van der Waals surface area contributed by atoms with Crippen molar-refractivity contribution in [1.82, 2.24) is 10.6 Å². The summed E-state index contributed by atoms with van der Waals surface area (Å²) in [6.07, 6.45) is 4.20. The third kappa shape index (κ3) is 4.05. The molecule has 1 heterocycles. The summed E-state index contributed by atoms with van der Waals surface area (Å²) in [6, 6.07) is 11.5. The minimum Gasteiger partial charge on any atom is -0.399 e. The largest absolute Gasteiger partial charge is 0.399 e. The molecule has 0 radical (unpaired) electrons. The zero-order valence-electron chi connectivity index (χ0n) is 15.9. The predicted octanol–water partition coefficient (Wildman–Crippen LogP) is 2.84. The molecule has 2 aliphatic carbocycles. The van der Waals surface area contributed by atoms with Crippen LogP contribution in [0.15, 0.2) is 40.9 Å². The Labute approximate surface area is 177 Å². The number of ketones is 1. The van der Waals surface area contributed by atoms with E-state index >= 15 is 0 Å². The van der Waals surface area contributed by atoms with Gasteiger partial charge < -0.3 is 11.1 Å². The zero-order chi connectivity index (χ0) is 20.6. The van der Waals surface area contributed by atoms with Gasteiger partial charge in [-0.15, -0.1) is 0 Å². The van der Waals surface area contributed by atoms with Gasteiger partial charge in [0.1, 0.15) is 11.3 Å².